The Morgan fingerprint density at radius 2 is 1.81 bits per heavy atom. The predicted octanol–water partition coefficient (Wildman–Crippen LogP) is 4.66. The first kappa shape index (κ1) is 25.2. The molecule has 0 aromatic heterocycles. The van der Waals surface area contributed by atoms with Gasteiger partial charge >= 0.3 is 0 Å². The number of nitrogens with one attached hydrogen (secondary N) is 1. The van der Waals surface area contributed by atoms with Gasteiger partial charge in [0.05, 0.1) is 6.34 Å². The molecule has 1 aliphatic rings. The molecule has 4 rings (SSSR count). The van der Waals surface area contributed by atoms with E-state index in [2.05, 4.69) is 10.3 Å². The van der Waals surface area contributed by atoms with Crippen LogP contribution in [-0.2, 0) is 16.0 Å². The molecule has 3 N–H and O–H groups in total. The van der Waals surface area contributed by atoms with E-state index >= 15 is 0 Å². The van der Waals surface area contributed by atoms with E-state index < -0.39 is 6.04 Å². The van der Waals surface area contributed by atoms with Crippen LogP contribution in [0.5, 0.6) is 11.5 Å². The summed E-state index contributed by atoms with van der Waals surface area (Å²) < 4.78 is 18.8. The van der Waals surface area contributed by atoms with Gasteiger partial charge < -0.3 is 20.7 Å². The number of anilines is 1. The number of amides is 2. The molecule has 2 amide bonds. The summed E-state index contributed by atoms with van der Waals surface area (Å²) in [4.78, 5) is 31.4. The molecule has 7 nitrogen and oxygen atoms in total. The minimum Gasteiger partial charge on any atom is -0.457 e. The maximum Gasteiger partial charge on any atom is 0.247 e. The van der Waals surface area contributed by atoms with E-state index in [4.69, 9.17) is 22.1 Å². The summed E-state index contributed by atoms with van der Waals surface area (Å²) >= 11 is 6.12. The number of likely N-dealkylation sites (tertiary alicyclic amines) is 1. The maximum absolute atomic E-state index is 13.2. The van der Waals surface area contributed by atoms with Gasteiger partial charge in [-0.05, 0) is 85.0 Å². The molecular weight excluding hydrogens is 483 g/mol. The zero-order valence-corrected chi connectivity index (χ0v) is 20.2. The van der Waals surface area contributed by atoms with Crippen molar-refractivity contribution < 1.29 is 18.7 Å². The molecule has 2 atom stereocenters. The first-order valence-corrected chi connectivity index (χ1v) is 11.9. The van der Waals surface area contributed by atoms with Crippen molar-refractivity contribution in [3.63, 3.8) is 0 Å². The van der Waals surface area contributed by atoms with Crippen LogP contribution in [0.1, 0.15) is 12.0 Å². The van der Waals surface area contributed by atoms with Crippen LogP contribution < -0.4 is 15.8 Å². The number of ether oxygens (including phenoxy) is 1. The summed E-state index contributed by atoms with van der Waals surface area (Å²) in [5, 5.41) is 3.54. The summed E-state index contributed by atoms with van der Waals surface area (Å²) in [6, 6.07) is 19.5. The Labute approximate surface area is 213 Å². The lowest BCUT2D eigenvalue weighted by Crippen LogP contribution is -2.44. The Morgan fingerprint density at radius 3 is 2.47 bits per heavy atom. The maximum atomic E-state index is 13.2. The molecule has 1 fully saturated rings. The lowest BCUT2D eigenvalue weighted by Gasteiger charge is -2.23. The Hall–Kier alpha value is -3.91. The molecule has 9 heteroatoms. The molecule has 0 radical (unpaired) electrons. The lowest BCUT2D eigenvalue weighted by atomic mass is 9.96. The number of hydrogen-bond acceptors (Lipinski definition) is 4. The first-order valence-electron chi connectivity index (χ1n) is 11.5. The highest BCUT2D eigenvalue weighted by Gasteiger charge is 2.39. The van der Waals surface area contributed by atoms with E-state index in [0.717, 1.165) is 11.9 Å². The zero-order valence-electron chi connectivity index (χ0n) is 19.4. The van der Waals surface area contributed by atoms with Gasteiger partial charge in [-0.25, -0.2) is 4.39 Å². The van der Waals surface area contributed by atoms with E-state index in [1.807, 2.05) is 24.3 Å². The largest absolute Gasteiger partial charge is 0.457 e. The molecule has 3 aromatic carbocycles. The number of nitrogens with zero attached hydrogens (tertiary/aromatic N) is 2. The number of hydrogen-bond donors (Lipinski definition) is 2. The standard InChI is InChI=1S/C27H26ClFN4O3/c28-20-3-1-2-18(13-20)12-19-14-25(33(16-19)26(34)15-31-17-30)27(35)32-22-6-10-24(11-7-22)36-23-8-4-21(29)5-9-23/h1-11,13,17,19,25H,12,14-16H2,(H2,30,31)(H,32,35)/t19-,25+/m1/s1. The molecule has 36 heavy (non-hydrogen) atoms. The van der Waals surface area contributed by atoms with Gasteiger partial charge in [-0.2, -0.15) is 0 Å². The van der Waals surface area contributed by atoms with E-state index in [1.54, 1.807) is 29.2 Å². The van der Waals surface area contributed by atoms with Crippen LogP contribution in [0, 0.1) is 11.7 Å². The van der Waals surface area contributed by atoms with Gasteiger partial charge in [0.1, 0.15) is 29.9 Å². The van der Waals surface area contributed by atoms with E-state index in [-0.39, 0.29) is 30.1 Å². The Kier molecular flexibility index (Phi) is 8.17. The van der Waals surface area contributed by atoms with E-state index in [9.17, 15) is 14.0 Å². The van der Waals surface area contributed by atoms with Gasteiger partial charge in [0, 0.05) is 17.3 Å². The number of aliphatic imine (C=N–C) groups is 1. The average Bonchev–Trinajstić information content (AvgIpc) is 3.29. The molecule has 1 aliphatic heterocycles. The van der Waals surface area contributed by atoms with Crippen molar-refractivity contribution in [1.82, 2.24) is 4.90 Å². The molecule has 186 valence electrons. The Morgan fingerprint density at radius 1 is 1.11 bits per heavy atom. The molecule has 3 aromatic rings. The van der Waals surface area contributed by atoms with Crippen molar-refractivity contribution in [3.8, 4) is 11.5 Å². The predicted molar refractivity (Wildman–Crippen MR) is 138 cm³/mol. The van der Waals surface area contributed by atoms with Gasteiger partial charge in [-0.1, -0.05) is 23.7 Å². The highest BCUT2D eigenvalue weighted by Crippen LogP contribution is 2.29. The smallest absolute Gasteiger partial charge is 0.247 e. The molecule has 0 bridgehead atoms. The minimum absolute atomic E-state index is 0.0940. The highest BCUT2D eigenvalue weighted by molar-refractivity contribution is 6.30. The second kappa shape index (κ2) is 11.7. The molecule has 1 saturated heterocycles. The topological polar surface area (TPSA) is 97.0 Å². The summed E-state index contributed by atoms with van der Waals surface area (Å²) in [5.41, 5.74) is 6.92. The second-order valence-electron chi connectivity index (χ2n) is 8.56. The first-order chi connectivity index (χ1) is 17.4. The van der Waals surface area contributed by atoms with Crippen LogP contribution in [0.25, 0.3) is 0 Å². The zero-order chi connectivity index (χ0) is 25.5. The van der Waals surface area contributed by atoms with Gasteiger partial charge in [-0.15, -0.1) is 0 Å². The number of carbonyl (C=O) groups is 2. The fourth-order valence-corrected chi connectivity index (χ4v) is 4.50. The van der Waals surface area contributed by atoms with Gasteiger partial charge in [0.15, 0.2) is 0 Å². The van der Waals surface area contributed by atoms with Crippen LogP contribution in [0.3, 0.4) is 0 Å². The third kappa shape index (κ3) is 6.60. The van der Waals surface area contributed by atoms with Crippen molar-refractivity contribution in [2.75, 3.05) is 18.4 Å². The van der Waals surface area contributed by atoms with Crippen molar-refractivity contribution in [1.29, 1.82) is 0 Å². The molecular formula is C27H26ClFN4O3. The van der Waals surface area contributed by atoms with Crippen molar-refractivity contribution >= 4 is 35.4 Å². The Bertz CT molecular complexity index is 1230. The summed E-state index contributed by atoms with van der Waals surface area (Å²) in [7, 11) is 0. The number of nitrogens with two attached hydrogens (primary N) is 1. The van der Waals surface area contributed by atoms with E-state index in [0.29, 0.717) is 41.6 Å². The SMILES string of the molecule is NC=NCC(=O)N1C[C@H](Cc2cccc(Cl)c2)C[C@H]1C(=O)Nc1ccc(Oc2ccc(F)cc2)cc1. The van der Waals surface area contributed by atoms with Crippen molar-refractivity contribution in [3.05, 3.63) is 89.2 Å². The van der Waals surface area contributed by atoms with Crippen LogP contribution in [0.15, 0.2) is 77.8 Å². The number of benzene rings is 3. The normalized spacial score (nSPS) is 17.3. The number of rotatable bonds is 8. The third-order valence-electron chi connectivity index (χ3n) is 5.93. The van der Waals surface area contributed by atoms with Crippen LogP contribution >= 0.6 is 11.6 Å². The third-order valence-corrected chi connectivity index (χ3v) is 6.16. The molecule has 1 heterocycles. The average molecular weight is 509 g/mol. The highest BCUT2D eigenvalue weighted by atomic mass is 35.5. The van der Waals surface area contributed by atoms with E-state index in [1.165, 1.54) is 24.3 Å². The van der Waals surface area contributed by atoms with Gasteiger partial charge in [0.2, 0.25) is 11.8 Å². The summed E-state index contributed by atoms with van der Waals surface area (Å²) in [6.07, 6.45) is 2.30. The minimum atomic E-state index is -0.634. The molecule has 0 unspecified atom stereocenters. The van der Waals surface area contributed by atoms with Crippen LogP contribution in [0.2, 0.25) is 5.02 Å². The number of carbonyl (C=O) groups excluding carboxylic acids is 2. The number of halogens is 2. The molecule has 0 saturated carbocycles. The van der Waals surface area contributed by atoms with Crippen molar-refractivity contribution in [2.45, 2.75) is 18.9 Å². The molecule has 0 aliphatic carbocycles. The second-order valence-corrected chi connectivity index (χ2v) is 8.99. The van der Waals surface area contributed by atoms with Gasteiger partial charge in [0.25, 0.3) is 0 Å². The molecule has 0 spiro atoms. The lowest BCUT2D eigenvalue weighted by molar-refractivity contribution is -0.135. The summed E-state index contributed by atoms with van der Waals surface area (Å²) in [5.74, 6) is 0.257. The quantitative estimate of drug-likeness (QED) is 0.342. The van der Waals surface area contributed by atoms with Gasteiger partial charge in [-0.3, -0.25) is 14.6 Å². The van der Waals surface area contributed by atoms with Crippen molar-refractivity contribution in [2.24, 2.45) is 16.6 Å². The monoisotopic (exact) mass is 508 g/mol. The van der Waals surface area contributed by atoms with Crippen LogP contribution in [0.4, 0.5) is 10.1 Å². The van der Waals surface area contributed by atoms with Crippen LogP contribution in [-0.4, -0.2) is 42.2 Å². The fraction of sp³-hybridized carbons (Fsp3) is 0.222. The Balaban J connectivity index is 1.42. The fourth-order valence-electron chi connectivity index (χ4n) is 4.28. The summed E-state index contributed by atoms with van der Waals surface area (Å²) in [6.45, 7) is 0.327.